The van der Waals surface area contributed by atoms with E-state index >= 15 is 0 Å². The SMILES string of the molecule is Cl[P+](N=P(N1CCOCC1)(N1CCOCC1)N1CCOCC1)(N=P(N1CCOCC1)(N1CCOCC1)N1CCOCC1)N=P(N1CCOCC1)(N1CCOCC1)N1CCOCC1. The molecule has 0 N–H and O–H groups in total. The lowest BCUT2D eigenvalue weighted by atomic mass is 10.5. The van der Waals surface area contributed by atoms with Crippen molar-refractivity contribution in [2.45, 2.75) is 0 Å². The zero-order valence-corrected chi connectivity index (χ0v) is 41.0. The summed E-state index contributed by atoms with van der Waals surface area (Å²) in [5.74, 6) is 0. The Morgan fingerprint density at radius 3 is 0.468 bits per heavy atom. The number of rotatable bonds is 12. The van der Waals surface area contributed by atoms with Gasteiger partial charge in [-0.1, -0.05) is 0 Å². The summed E-state index contributed by atoms with van der Waals surface area (Å²) in [6.45, 7) is 24.8. The zero-order valence-electron chi connectivity index (χ0n) is 36.7. The Kier molecular flexibility index (Phi) is 17.6. The molecule has 0 bridgehead atoms. The van der Waals surface area contributed by atoms with E-state index in [9.17, 15) is 0 Å². The van der Waals surface area contributed by atoms with Crippen LogP contribution in [0, 0.1) is 0 Å². The average molecular weight is 976 g/mol. The molecule has 26 heteroatoms. The second kappa shape index (κ2) is 22.9. The first kappa shape index (κ1) is 47.7. The molecule has 0 aliphatic carbocycles. The summed E-state index contributed by atoms with van der Waals surface area (Å²) in [6, 6.07) is 0. The van der Waals surface area contributed by atoms with Crippen molar-refractivity contribution in [2.75, 3.05) is 237 Å². The van der Waals surface area contributed by atoms with Crippen LogP contribution in [-0.2, 0) is 42.6 Å². The molecule has 62 heavy (non-hydrogen) atoms. The van der Waals surface area contributed by atoms with Crippen LogP contribution in [0.15, 0.2) is 13.5 Å². The highest BCUT2D eigenvalue weighted by atomic mass is 35.7. The van der Waals surface area contributed by atoms with Gasteiger partial charge in [0.2, 0.25) is 22.5 Å². The normalized spacial score (nSPS) is 28.8. The molecule has 9 heterocycles. The van der Waals surface area contributed by atoms with E-state index in [-0.39, 0.29) is 0 Å². The number of nitrogens with zero attached hydrogens (tertiary/aromatic N) is 12. The van der Waals surface area contributed by atoms with Crippen molar-refractivity contribution < 1.29 is 42.6 Å². The van der Waals surface area contributed by atoms with E-state index < -0.39 is 29.6 Å². The number of hydrogen-bond acceptors (Lipinski definition) is 12. The summed E-state index contributed by atoms with van der Waals surface area (Å²) in [4.78, 5) is 0. The van der Waals surface area contributed by atoms with Gasteiger partial charge in [-0.2, -0.15) is 0 Å². The Morgan fingerprint density at radius 1 is 0.242 bits per heavy atom. The van der Waals surface area contributed by atoms with Gasteiger partial charge in [0.1, 0.15) is 0 Å². The van der Waals surface area contributed by atoms with Gasteiger partial charge < -0.3 is 42.6 Å². The van der Waals surface area contributed by atoms with Gasteiger partial charge in [-0.15, -0.1) is 0 Å². The van der Waals surface area contributed by atoms with Gasteiger partial charge in [0.05, 0.1) is 119 Å². The van der Waals surface area contributed by atoms with Crippen LogP contribution in [-0.4, -0.2) is 279 Å². The Hall–Kier alpha value is 0.690. The van der Waals surface area contributed by atoms with Gasteiger partial charge in [0, 0.05) is 118 Å². The van der Waals surface area contributed by atoms with Crippen molar-refractivity contribution in [2.24, 2.45) is 13.5 Å². The lowest BCUT2D eigenvalue weighted by Crippen LogP contribution is -2.51. The summed E-state index contributed by atoms with van der Waals surface area (Å²) >= 11 is 9.04. The molecule has 0 unspecified atom stereocenters. The summed E-state index contributed by atoms with van der Waals surface area (Å²) < 4.78 is 98.3. The quantitative estimate of drug-likeness (QED) is 0.264. The van der Waals surface area contributed by atoms with E-state index in [0.29, 0.717) is 119 Å². The van der Waals surface area contributed by atoms with Crippen molar-refractivity contribution >= 4 is 40.8 Å². The lowest BCUT2D eigenvalue weighted by Gasteiger charge is -2.53. The van der Waals surface area contributed by atoms with Crippen molar-refractivity contribution in [1.29, 1.82) is 0 Å². The predicted octanol–water partition coefficient (Wildman–Crippen LogP) is 2.73. The lowest BCUT2D eigenvalue weighted by molar-refractivity contribution is 0.0374. The van der Waals surface area contributed by atoms with E-state index in [1.807, 2.05) is 0 Å². The summed E-state index contributed by atoms with van der Waals surface area (Å²) in [5.41, 5.74) is 0. The van der Waals surface area contributed by atoms with Crippen LogP contribution in [0.25, 0.3) is 0 Å². The smallest absolute Gasteiger partial charge is 0.379 e. The maximum absolute atomic E-state index is 9.04. The molecule has 0 amide bonds. The van der Waals surface area contributed by atoms with E-state index in [4.69, 9.17) is 67.4 Å². The molecular weight excluding hydrogens is 904 g/mol. The monoisotopic (exact) mass is 975 g/mol. The van der Waals surface area contributed by atoms with Crippen LogP contribution in [0.1, 0.15) is 0 Å². The molecule has 356 valence electrons. The van der Waals surface area contributed by atoms with Gasteiger partial charge in [-0.3, -0.25) is 0 Å². The first-order chi connectivity index (χ1) is 30.6. The fourth-order valence-corrected chi connectivity index (χ4v) is 31.1. The first-order valence-electron chi connectivity index (χ1n) is 23.1. The molecule has 9 aliphatic heterocycles. The molecule has 0 aromatic carbocycles. The maximum Gasteiger partial charge on any atom is 0.474 e. The first-order valence-corrected chi connectivity index (χ1v) is 30.4. The van der Waals surface area contributed by atoms with Crippen molar-refractivity contribution in [1.82, 2.24) is 42.0 Å². The minimum absolute atomic E-state index is 0.631. The van der Waals surface area contributed by atoms with Gasteiger partial charge in [-0.25, -0.2) is 42.0 Å². The third kappa shape index (κ3) is 10.3. The van der Waals surface area contributed by atoms with Crippen LogP contribution in [0.5, 0.6) is 0 Å². The Balaban J connectivity index is 1.40. The van der Waals surface area contributed by atoms with Crippen molar-refractivity contribution in [3.8, 4) is 0 Å². The van der Waals surface area contributed by atoms with E-state index in [0.717, 1.165) is 118 Å². The van der Waals surface area contributed by atoms with Crippen LogP contribution in [0.2, 0.25) is 0 Å². The van der Waals surface area contributed by atoms with Crippen LogP contribution in [0.3, 0.4) is 0 Å². The minimum Gasteiger partial charge on any atom is -0.379 e. The highest BCUT2D eigenvalue weighted by Gasteiger charge is 2.59. The second-order valence-electron chi connectivity index (χ2n) is 16.5. The molecule has 9 aliphatic rings. The number of morpholine rings is 9. The fraction of sp³-hybridized carbons (Fsp3) is 1.00. The van der Waals surface area contributed by atoms with Crippen LogP contribution < -0.4 is 0 Å². The molecule has 9 rings (SSSR count). The molecule has 21 nitrogen and oxygen atoms in total. The summed E-state index contributed by atoms with van der Waals surface area (Å²) in [5, 5.41) is 0. The standard InChI is InChI=1S/C36H72ClN12O9P4/c37-59(38-60(41-1-19-50-20-2-41,42-3-21-51-22-4-42)43-5-23-52-24-6-43,39-61(44-7-25-53-26-8-44,45-9-27-54-28-10-45)46-11-29-55-30-12-46)40-62(47-13-31-56-32-14-47,48-15-33-57-34-16-48)49-17-35-58-36-18-49/h1-36H2/q+1. The zero-order chi connectivity index (χ0) is 42.1. The van der Waals surface area contributed by atoms with E-state index in [1.54, 1.807) is 0 Å². The number of ether oxygens (including phenoxy) is 9. The molecule has 0 aromatic heterocycles. The largest absolute Gasteiger partial charge is 0.474 e. The van der Waals surface area contributed by atoms with Crippen LogP contribution in [0.4, 0.5) is 0 Å². The third-order valence-electron chi connectivity index (χ3n) is 13.0. The molecular formula is C36H72ClN12O9P4+. The highest BCUT2D eigenvalue weighted by Crippen LogP contribution is 2.86. The minimum atomic E-state index is -3.68. The Bertz CT molecular complexity index is 1250. The molecule has 0 aromatic rings. The number of halogens is 1. The fourth-order valence-electron chi connectivity index (χ4n) is 10.0. The Labute approximate surface area is 374 Å². The Morgan fingerprint density at radius 2 is 0.355 bits per heavy atom. The number of hydrogen-bond donors (Lipinski definition) is 0. The molecule has 0 saturated carbocycles. The molecule has 9 saturated heterocycles. The maximum atomic E-state index is 9.04. The molecule has 0 atom stereocenters. The van der Waals surface area contributed by atoms with Gasteiger partial charge in [0.15, 0.2) is 11.2 Å². The average Bonchev–Trinajstić information content (AvgIpc) is 3.37. The van der Waals surface area contributed by atoms with Crippen molar-refractivity contribution in [3.63, 3.8) is 0 Å². The van der Waals surface area contributed by atoms with E-state index in [2.05, 4.69) is 42.0 Å². The van der Waals surface area contributed by atoms with Crippen molar-refractivity contribution in [3.05, 3.63) is 0 Å². The summed E-state index contributed by atoms with van der Waals surface area (Å²) in [6.07, 6.45) is 0. The predicted molar refractivity (Wildman–Crippen MR) is 242 cm³/mol. The molecule has 9 fully saturated rings. The van der Waals surface area contributed by atoms with Gasteiger partial charge in [-0.05, 0) is 13.5 Å². The highest BCUT2D eigenvalue weighted by molar-refractivity contribution is 8.02. The molecule has 0 radical (unpaired) electrons. The van der Waals surface area contributed by atoms with Crippen LogP contribution >= 0.6 is 40.8 Å². The molecule has 0 spiro atoms. The third-order valence-corrected chi connectivity index (χ3v) is 30.9. The second-order valence-corrected chi connectivity index (χ2v) is 29.3. The van der Waals surface area contributed by atoms with E-state index in [1.165, 1.54) is 0 Å². The summed E-state index contributed by atoms with van der Waals surface area (Å²) in [7, 11) is -12.3. The van der Waals surface area contributed by atoms with Gasteiger partial charge >= 0.3 is 7.07 Å². The topological polar surface area (TPSA) is 149 Å². The van der Waals surface area contributed by atoms with Gasteiger partial charge in [0.25, 0.3) is 0 Å².